The average molecular weight is 315 g/mol. The molecule has 1 unspecified atom stereocenters. The van der Waals surface area contributed by atoms with E-state index in [1.807, 2.05) is 13.0 Å². The van der Waals surface area contributed by atoms with Gasteiger partial charge >= 0.3 is 0 Å². The number of benzene rings is 1. The van der Waals surface area contributed by atoms with E-state index >= 15 is 0 Å². The van der Waals surface area contributed by atoms with Gasteiger partial charge in [0.1, 0.15) is 0 Å². The van der Waals surface area contributed by atoms with Crippen molar-refractivity contribution in [3.8, 4) is 0 Å². The molecule has 1 aromatic rings. The second kappa shape index (κ2) is 6.33. The van der Waals surface area contributed by atoms with Crippen LogP contribution in [0.1, 0.15) is 44.2 Å². The number of nitrogens with two attached hydrogens (primary N) is 1. The normalized spacial score (nSPS) is 18.8. The number of carbonyl (C=O) groups excluding carboxylic acids is 1. The summed E-state index contributed by atoms with van der Waals surface area (Å²) in [6.45, 7) is 2.33. The van der Waals surface area contributed by atoms with Crippen LogP contribution in [0.25, 0.3) is 0 Å². The van der Waals surface area contributed by atoms with Gasteiger partial charge in [-0.25, -0.2) is 0 Å². The number of hydrogen-bond donors (Lipinski definition) is 2. The third kappa shape index (κ3) is 3.11. The summed E-state index contributed by atoms with van der Waals surface area (Å²) in [6, 6.07) is 5.16. The first-order valence-corrected chi connectivity index (χ1v) is 7.70. The number of nitrogens with one attached hydrogen (secondary N) is 1. The second-order valence-corrected chi connectivity index (χ2v) is 6.40. The molecule has 1 aliphatic carbocycles. The van der Waals surface area contributed by atoms with E-state index in [-0.39, 0.29) is 11.9 Å². The van der Waals surface area contributed by atoms with Gasteiger partial charge in [0.25, 0.3) is 0 Å². The molecule has 0 bridgehead atoms. The average Bonchev–Trinajstić information content (AvgIpc) is 2.88. The minimum atomic E-state index is -0.396. The molecule has 0 saturated heterocycles. The largest absolute Gasteiger partial charge is 0.349 e. The Balaban J connectivity index is 2.10. The molecule has 3 nitrogen and oxygen atoms in total. The highest BCUT2D eigenvalue weighted by atomic mass is 35.5. The monoisotopic (exact) mass is 314 g/mol. The van der Waals surface area contributed by atoms with Crippen molar-refractivity contribution in [1.29, 1.82) is 0 Å². The molecule has 1 amide bonds. The van der Waals surface area contributed by atoms with E-state index in [9.17, 15) is 4.79 Å². The highest BCUT2D eigenvalue weighted by Crippen LogP contribution is 2.38. The summed E-state index contributed by atoms with van der Waals surface area (Å²) in [5.41, 5.74) is 6.30. The fraction of sp³-hybridized carbons (Fsp3) is 0.533. The Morgan fingerprint density at radius 1 is 1.40 bits per heavy atom. The van der Waals surface area contributed by atoms with Crippen LogP contribution in [-0.2, 0) is 4.79 Å². The van der Waals surface area contributed by atoms with Gasteiger partial charge in [-0.05, 0) is 37.5 Å². The quantitative estimate of drug-likeness (QED) is 0.890. The first kappa shape index (κ1) is 15.6. The summed E-state index contributed by atoms with van der Waals surface area (Å²) in [6.07, 6.45) is 3.88. The molecule has 3 N–H and O–H groups in total. The van der Waals surface area contributed by atoms with Crippen LogP contribution in [0.4, 0.5) is 0 Å². The van der Waals surface area contributed by atoms with Crippen LogP contribution < -0.4 is 11.1 Å². The maximum atomic E-state index is 12.5. The van der Waals surface area contributed by atoms with Crippen LogP contribution in [0.5, 0.6) is 0 Å². The number of rotatable bonds is 4. The summed E-state index contributed by atoms with van der Waals surface area (Å²) < 4.78 is 0. The van der Waals surface area contributed by atoms with Crippen molar-refractivity contribution >= 4 is 29.1 Å². The maximum Gasteiger partial charge on any atom is 0.227 e. The molecule has 0 aliphatic heterocycles. The lowest BCUT2D eigenvalue weighted by atomic mass is 9.85. The van der Waals surface area contributed by atoms with Crippen LogP contribution in [-0.4, -0.2) is 12.5 Å². The van der Waals surface area contributed by atoms with Gasteiger partial charge in [0.15, 0.2) is 0 Å². The zero-order chi connectivity index (χ0) is 14.8. The Labute approximate surface area is 129 Å². The highest BCUT2D eigenvalue weighted by molar-refractivity contribution is 6.35. The minimum absolute atomic E-state index is 0.0380. The third-order valence-corrected chi connectivity index (χ3v) is 4.77. The van der Waals surface area contributed by atoms with Crippen LogP contribution in [0.15, 0.2) is 18.2 Å². The molecule has 1 aliphatic rings. The molecule has 0 aromatic heterocycles. The Hall–Kier alpha value is -0.770. The SMILES string of the molecule is CC(NC(=O)C1(CN)CCCC1)c1ccc(Cl)cc1Cl. The fourth-order valence-corrected chi connectivity index (χ4v) is 3.43. The van der Waals surface area contributed by atoms with Gasteiger partial charge in [0.2, 0.25) is 5.91 Å². The Morgan fingerprint density at radius 3 is 2.60 bits per heavy atom. The van der Waals surface area contributed by atoms with E-state index in [0.29, 0.717) is 16.6 Å². The van der Waals surface area contributed by atoms with Gasteiger partial charge in [-0.15, -0.1) is 0 Å². The molecule has 1 aromatic carbocycles. The lowest BCUT2D eigenvalue weighted by molar-refractivity contribution is -0.131. The van der Waals surface area contributed by atoms with E-state index in [2.05, 4.69) is 5.32 Å². The van der Waals surface area contributed by atoms with Crippen molar-refractivity contribution in [1.82, 2.24) is 5.32 Å². The van der Waals surface area contributed by atoms with Gasteiger partial charge in [-0.1, -0.05) is 42.1 Å². The number of carbonyl (C=O) groups is 1. The predicted octanol–water partition coefficient (Wildman–Crippen LogP) is 3.69. The molecule has 1 fully saturated rings. The first-order valence-electron chi connectivity index (χ1n) is 6.94. The van der Waals surface area contributed by atoms with Crippen molar-refractivity contribution in [2.45, 2.75) is 38.6 Å². The standard InChI is InChI=1S/C15H20Cl2N2O/c1-10(12-5-4-11(16)8-13(12)17)19-14(20)15(9-18)6-2-3-7-15/h4-5,8,10H,2-3,6-7,9,18H2,1H3,(H,19,20). The summed E-state index contributed by atoms with van der Waals surface area (Å²) in [7, 11) is 0. The van der Waals surface area contributed by atoms with Crippen molar-refractivity contribution in [2.24, 2.45) is 11.1 Å². The first-order chi connectivity index (χ1) is 9.48. The third-order valence-electron chi connectivity index (χ3n) is 4.21. The molecular weight excluding hydrogens is 295 g/mol. The van der Waals surface area contributed by atoms with Crippen molar-refractivity contribution in [3.05, 3.63) is 33.8 Å². The van der Waals surface area contributed by atoms with Gasteiger partial charge in [0, 0.05) is 16.6 Å². The van der Waals surface area contributed by atoms with E-state index in [1.54, 1.807) is 12.1 Å². The van der Waals surface area contributed by atoms with Crippen LogP contribution in [0, 0.1) is 5.41 Å². The van der Waals surface area contributed by atoms with Gasteiger partial charge in [-0.3, -0.25) is 4.79 Å². The smallest absolute Gasteiger partial charge is 0.227 e. The highest BCUT2D eigenvalue weighted by Gasteiger charge is 2.40. The Morgan fingerprint density at radius 2 is 2.05 bits per heavy atom. The fourth-order valence-electron chi connectivity index (χ4n) is 2.86. The Bertz CT molecular complexity index is 499. The zero-order valence-electron chi connectivity index (χ0n) is 11.6. The molecular formula is C15H20Cl2N2O. The van der Waals surface area contributed by atoms with Gasteiger partial charge in [-0.2, -0.15) is 0 Å². The topological polar surface area (TPSA) is 55.1 Å². The van der Waals surface area contributed by atoms with Crippen LogP contribution >= 0.6 is 23.2 Å². The molecule has 2 rings (SSSR count). The molecule has 5 heteroatoms. The zero-order valence-corrected chi connectivity index (χ0v) is 13.1. The number of amides is 1. The molecule has 110 valence electrons. The summed E-state index contributed by atoms with van der Waals surface area (Å²) >= 11 is 12.1. The lowest BCUT2D eigenvalue weighted by Gasteiger charge is -2.28. The van der Waals surface area contributed by atoms with Crippen molar-refractivity contribution < 1.29 is 4.79 Å². The summed E-state index contributed by atoms with van der Waals surface area (Å²) in [5, 5.41) is 4.20. The summed E-state index contributed by atoms with van der Waals surface area (Å²) in [4.78, 5) is 12.5. The van der Waals surface area contributed by atoms with Crippen LogP contribution in [0.2, 0.25) is 10.0 Å². The van der Waals surface area contributed by atoms with E-state index in [4.69, 9.17) is 28.9 Å². The molecule has 20 heavy (non-hydrogen) atoms. The second-order valence-electron chi connectivity index (χ2n) is 5.55. The molecule has 1 saturated carbocycles. The minimum Gasteiger partial charge on any atom is -0.349 e. The van der Waals surface area contributed by atoms with Crippen molar-refractivity contribution in [2.75, 3.05) is 6.54 Å². The molecule has 0 spiro atoms. The predicted molar refractivity (Wildman–Crippen MR) is 83.0 cm³/mol. The summed E-state index contributed by atoms with van der Waals surface area (Å²) in [5.74, 6) is 0.0380. The van der Waals surface area contributed by atoms with E-state index < -0.39 is 5.41 Å². The van der Waals surface area contributed by atoms with Gasteiger partial charge in [0.05, 0.1) is 11.5 Å². The number of halogens is 2. The van der Waals surface area contributed by atoms with Crippen LogP contribution in [0.3, 0.4) is 0 Å². The number of hydrogen-bond acceptors (Lipinski definition) is 2. The van der Waals surface area contributed by atoms with Gasteiger partial charge < -0.3 is 11.1 Å². The maximum absolute atomic E-state index is 12.5. The van der Waals surface area contributed by atoms with E-state index in [1.165, 1.54) is 0 Å². The Kier molecular flexibility index (Phi) is 4.95. The molecule has 0 radical (unpaired) electrons. The van der Waals surface area contributed by atoms with Crippen molar-refractivity contribution in [3.63, 3.8) is 0 Å². The lowest BCUT2D eigenvalue weighted by Crippen LogP contribution is -2.45. The van der Waals surface area contributed by atoms with E-state index in [0.717, 1.165) is 31.2 Å². The molecule has 0 heterocycles. The molecule has 1 atom stereocenters.